The van der Waals surface area contributed by atoms with Crippen LogP contribution in [-0.4, -0.2) is 29.2 Å². The standard InChI is InChI=1S/C16H27NO2/c1-5-9-17(13(3)4)12-14-7-8-15(11-16(14)18)19-10-6-2/h7-8,11,13,18H,5-6,9-10,12H2,1-4H3. The molecule has 1 aromatic rings. The van der Waals surface area contributed by atoms with E-state index in [1.807, 2.05) is 12.1 Å². The van der Waals surface area contributed by atoms with E-state index in [4.69, 9.17) is 4.74 Å². The topological polar surface area (TPSA) is 32.7 Å². The van der Waals surface area contributed by atoms with Crippen LogP contribution in [0, 0.1) is 0 Å². The van der Waals surface area contributed by atoms with Crippen molar-refractivity contribution in [3.8, 4) is 11.5 Å². The fourth-order valence-electron chi connectivity index (χ4n) is 2.01. The van der Waals surface area contributed by atoms with E-state index < -0.39 is 0 Å². The van der Waals surface area contributed by atoms with Crippen LogP contribution >= 0.6 is 0 Å². The van der Waals surface area contributed by atoms with Crippen LogP contribution in [0.5, 0.6) is 11.5 Å². The first-order valence-electron chi connectivity index (χ1n) is 7.27. The second-order valence-corrected chi connectivity index (χ2v) is 5.20. The van der Waals surface area contributed by atoms with Gasteiger partial charge < -0.3 is 9.84 Å². The minimum atomic E-state index is 0.329. The van der Waals surface area contributed by atoms with Gasteiger partial charge in [0.1, 0.15) is 11.5 Å². The predicted octanol–water partition coefficient (Wildman–Crippen LogP) is 3.80. The zero-order chi connectivity index (χ0) is 14.3. The summed E-state index contributed by atoms with van der Waals surface area (Å²) in [7, 11) is 0. The Morgan fingerprint density at radius 3 is 2.47 bits per heavy atom. The van der Waals surface area contributed by atoms with Crippen LogP contribution in [0.3, 0.4) is 0 Å². The fraction of sp³-hybridized carbons (Fsp3) is 0.625. The molecule has 0 bridgehead atoms. The smallest absolute Gasteiger partial charge is 0.123 e. The summed E-state index contributed by atoms with van der Waals surface area (Å²) in [5, 5.41) is 10.1. The van der Waals surface area contributed by atoms with Crippen molar-refractivity contribution in [1.82, 2.24) is 4.90 Å². The Labute approximate surface area is 117 Å². The number of rotatable bonds is 8. The highest BCUT2D eigenvalue weighted by atomic mass is 16.5. The van der Waals surface area contributed by atoms with Crippen molar-refractivity contribution < 1.29 is 9.84 Å². The van der Waals surface area contributed by atoms with E-state index in [1.165, 1.54) is 0 Å². The summed E-state index contributed by atoms with van der Waals surface area (Å²) in [5.41, 5.74) is 0.964. The van der Waals surface area contributed by atoms with Crippen LogP contribution in [0.4, 0.5) is 0 Å². The first-order valence-corrected chi connectivity index (χ1v) is 7.27. The number of ether oxygens (including phenoxy) is 1. The zero-order valence-corrected chi connectivity index (χ0v) is 12.6. The molecular formula is C16H27NO2. The minimum absolute atomic E-state index is 0.329. The molecule has 0 aliphatic heterocycles. The van der Waals surface area contributed by atoms with Gasteiger partial charge in [-0.15, -0.1) is 0 Å². The monoisotopic (exact) mass is 265 g/mol. The number of aromatic hydroxyl groups is 1. The molecule has 0 aliphatic rings. The van der Waals surface area contributed by atoms with Crippen LogP contribution in [0.25, 0.3) is 0 Å². The average molecular weight is 265 g/mol. The molecule has 3 heteroatoms. The van der Waals surface area contributed by atoms with Crippen molar-refractivity contribution in [3.05, 3.63) is 23.8 Å². The summed E-state index contributed by atoms with van der Waals surface area (Å²) >= 11 is 0. The number of nitrogens with zero attached hydrogens (tertiary/aromatic N) is 1. The Morgan fingerprint density at radius 1 is 1.21 bits per heavy atom. The molecule has 0 spiro atoms. The molecule has 0 atom stereocenters. The maximum absolute atomic E-state index is 10.1. The number of benzene rings is 1. The van der Waals surface area contributed by atoms with Gasteiger partial charge in [-0.25, -0.2) is 0 Å². The lowest BCUT2D eigenvalue weighted by molar-refractivity contribution is 0.210. The zero-order valence-electron chi connectivity index (χ0n) is 12.6. The molecule has 0 amide bonds. The van der Waals surface area contributed by atoms with Crippen LogP contribution in [0.2, 0.25) is 0 Å². The van der Waals surface area contributed by atoms with Gasteiger partial charge in [-0.2, -0.15) is 0 Å². The number of phenolic OH excluding ortho intramolecular Hbond substituents is 1. The molecular weight excluding hydrogens is 238 g/mol. The van der Waals surface area contributed by atoms with Crippen molar-refractivity contribution in [2.45, 2.75) is 53.1 Å². The lowest BCUT2D eigenvalue weighted by Gasteiger charge is -2.26. The van der Waals surface area contributed by atoms with E-state index in [0.717, 1.165) is 37.2 Å². The third-order valence-corrected chi connectivity index (χ3v) is 3.14. The van der Waals surface area contributed by atoms with Gasteiger partial charge in [0, 0.05) is 24.2 Å². The summed E-state index contributed by atoms with van der Waals surface area (Å²) in [5.74, 6) is 1.07. The second kappa shape index (κ2) is 8.05. The van der Waals surface area contributed by atoms with Crippen molar-refractivity contribution in [2.24, 2.45) is 0 Å². The van der Waals surface area contributed by atoms with Gasteiger partial charge in [-0.05, 0) is 39.3 Å². The summed E-state index contributed by atoms with van der Waals surface area (Å²) in [6.07, 6.45) is 2.09. The highest BCUT2D eigenvalue weighted by molar-refractivity contribution is 5.39. The lowest BCUT2D eigenvalue weighted by atomic mass is 10.1. The van der Waals surface area contributed by atoms with Crippen LogP contribution < -0.4 is 4.74 Å². The Hall–Kier alpha value is -1.22. The van der Waals surface area contributed by atoms with Crippen LogP contribution in [0.15, 0.2) is 18.2 Å². The third kappa shape index (κ3) is 5.11. The molecule has 1 N–H and O–H groups in total. The fourth-order valence-corrected chi connectivity index (χ4v) is 2.01. The Morgan fingerprint density at radius 2 is 1.95 bits per heavy atom. The molecule has 0 fully saturated rings. The summed E-state index contributed by atoms with van der Waals surface area (Å²) in [6, 6.07) is 6.10. The quantitative estimate of drug-likeness (QED) is 0.776. The normalized spacial score (nSPS) is 11.3. The predicted molar refractivity (Wildman–Crippen MR) is 79.7 cm³/mol. The summed E-state index contributed by atoms with van der Waals surface area (Å²) in [6.45, 7) is 11.1. The molecule has 19 heavy (non-hydrogen) atoms. The van der Waals surface area contributed by atoms with Gasteiger partial charge in [0.15, 0.2) is 0 Å². The van der Waals surface area contributed by atoms with Crippen molar-refractivity contribution in [2.75, 3.05) is 13.2 Å². The second-order valence-electron chi connectivity index (χ2n) is 5.20. The average Bonchev–Trinajstić information content (AvgIpc) is 2.38. The number of hydrogen-bond donors (Lipinski definition) is 1. The van der Waals surface area contributed by atoms with E-state index in [2.05, 4.69) is 32.6 Å². The maximum atomic E-state index is 10.1. The largest absolute Gasteiger partial charge is 0.507 e. The Balaban J connectivity index is 2.72. The van der Waals surface area contributed by atoms with E-state index in [0.29, 0.717) is 18.4 Å². The SMILES string of the molecule is CCCOc1ccc(CN(CCC)C(C)C)c(O)c1. The molecule has 0 saturated heterocycles. The van der Waals surface area contributed by atoms with Gasteiger partial charge in [0.2, 0.25) is 0 Å². The highest BCUT2D eigenvalue weighted by Gasteiger charge is 2.12. The van der Waals surface area contributed by atoms with Crippen LogP contribution in [0.1, 0.15) is 46.1 Å². The van der Waals surface area contributed by atoms with Gasteiger partial charge in [0.25, 0.3) is 0 Å². The number of phenols is 1. The molecule has 3 nitrogen and oxygen atoms in total. The molecule has 0 saturated carbocycles. The van der Waals surface area contributed by atoms with Gasteiger partial charge in [-0.1, -0.05) is 19.9 Å². The Kier molecular flexibility index (Phi) is 6.71. The molecule has 0 radical (unpaired) electrons. The molecule has 0 aromatic heterocycles. The summed E-state index contributed by atoms with van der Waals surface area (Å²) in [4.78, 5) is 2.36. The molecule has 108 valence electrons. The third-order valence-electron chi connectivity index (χ3n) is 3.14. The number of hydrogen-bond acceptors (Lipinski definition) is 3. The molecule has 0 heterocycles. The molecule has 0 aliphatic carbocycles. The summed E-state index contributed by atoms with van der Waals surface area (Å²) < 4.78 is 5.52. The minimum Gasteiger partial charge on any atom is -0.507 e. The van der Waals surface area contributed by atoms with E-state index in [9.17, 15) is 5.11 Å². The van der Waals surface area contributed by atoms with E-state index in [-0.39, 0.29) is 0 Å². The van der Waals surface area contributed by atoms with Gasteiger partial charge in [0.05, 0.1) is 6.61 Å². The molecule has 0 unspecified atom stereocenters. The first kappa shape index (κ1) is 15.8. The van der Waals surface area contributed by atoms with Crippen molar-refractivity contribution in [1.29, 1.82) is 0 Å². The van der Waals surface area contributed by atoms with Gasteiger partial charge >= 0.3 is 0 Å². The maximum Gasteiger partial charge on any atom is 0.123 e. The van der Waals surface area contributed by atoms with Crippen molar-refractivity contribution in [3.63, 3.8) is 0 Å². The molecule has 1 aromatic carbocycles. The van der Waals surface area contributed by atoms with Crippen molar-refractivity contribution >= 4 is 0 Å². The highest BCUT2D eigenvalue weighted by Crippen LogP contribution is 2.25. The van der Waals surface area contributed by atoms with E-state index >= 15 is 0 Å². The van der Waals surface area contributed by atoms with Gasteiger partial charge in [-0.3, -0.25) is 4.90 Å². The first-order chi connectivity index (χ1) is 9.08. The van der Waals surface area contributed by atoms with E-state index in [1.54, 1.807) is 6.07 Å². The lowest BCUT2D eigenvalue weighted by Crippen LogP contribution is -2.31. The van der Waals surface area contributed by atoms with Crippen LogP contribution in [-0.2, 0) is 6.54 Å². The molecule has 1 rings (SSSR count). The Bertz CT molecular complexity index is 377.